The molecule has 4 aromatic carbocycles. The highest BCUT2D eigenvalue weighted by Crippen LogP contribution is 2.36. The molecule has 0 bridgehead atoms. The van der Waals surface area contributed by atoms with Gasteiger partial charge in [-0.15, -0.1) is 0 Å². The van der Waals surface area contributed by atoms with Crippen molar-refractivity contribution < 1.29 is 28.6 Å². The molecule has 43 heavy (non-hydrogen) atoms. The summed E-state index contributed by atoms with van der Waals surface area (Å²) >= 11 is 0. The van der Waals surface area contributed by atoms with Crippen LogP contribution in [0.15, 0.2) is 114 Å². The molecule has 0 atom stereocenters. The molecule has 9 heteroatoms. The number of ether oxygens (including phenoxy) is 3. The molecule has 0 saturated carbocycles. The van der Waals surface area contributed by atoms with Gasteiger partial charge in [-0.3, -0.25) is 9.69 Å². The van der Waals surface area contributed by atoms with Crippen molar-refractivity contribution in [2.75, 3.05) is 25.7 Å². The Balaban J connectivity index is 1.40. The largest absolute Gasteiger partial charge is 0.497 e. The fourth-order valence-corrected chi connectivity index (χ4v) is 4.49. The van der Waals surface area contributed by atoms with Crippen LogP contribution in [0.3, 0.4) is 0 Å². The summed E-state index contributed by atoms with van der Waals surface area (Å²) in [5, 5.41) is 3.86. The first-order valence-electron chi connectivity index (χ1n) is 13.7. The highest BCUT2D eigenvalue weighted by atomic mass is 16.7. The van der Waals surface area contributed by atoms with Gasteiger partial charge in [0.15, 0.2) is 5.76 Å². The van der Waals surface area contributed by atoms with Crippen LogP contribution >= 0.6 is 0 Å². The smallest absolute Gasteiger partial charge is 0.365 e. The minimum absolute atomic E-state index is 0.0795. The number of methoxy groups -OCH3 is 2. The van der Waals surface area contributed by atoms with Gasteiger partial charge in [0, 0.05) is 23.6 Å². The van der Waals surface area contributed by atoms with Gasteiger partial charge < -0.3 is 23.9 Å². The maximum Gasteiger partial charge on any atom is 0.365 e. The zero-order valence-electron chi connectivity index (χ0n) is 24.1. The molecule has 1 aliphatic rings. The van der Waals surface area contributed by atoms with Gasteiger partial charge in [0.2, 0.25) is 0 Å². The van der Waals surface area contributed by atoms with Gasteiger partial charge >= 0.3 is 12.0 Å². The second-order valence-electron chi connectivity index (χ2n) is 9.51. The summed E-state index contributed by atoms with van der Waals surface area (Å²) in [5.74, 6) is 0.594. The third-order valence-corrected chi connectivity index (χ3v) is 6.66. The Bertz CT molecular complexity index is 1570. The second kappa shape index (κ2) is 13.4. The molecule has 0 radical (unpaired) electrons. The highest BCUT2D eigenvalue weighted by molar-refractivity contribution is 6.11. The van der Waals surface area contributed by atoms with Crippen LogP contribution in [0.5, 0.6) is 11.5 Å². The third-order valence-electron chi connectivity index (χ3n) is 6.66. The summed E-state index contributed by atoms with van der Waals surface area (Å²) in [6.45, 7) is 2.29. The normalized spacial score (nSPS) is 14.5. The number of carbonyl (C=O) groups excluding carboxylic acids is 2. The summed E-state index contributed by atoms with van der Waals surface area (Å²) < 4.78 is 16.4. The molecule has 9 nitrogen and oxygen atoms in total. The lowest BCUT2D eigenvalue weighted by Gasteiger charge is -2.26. The first kappa shape index (κ1) is 28.9. The molecule has 1 amide bonds. The molecule has 1 aliphatic heterocycles. The van der Waals surface area contributed by atoms with Crippen molar-refractivity contribution >= 4 is 41.0 Å². The minimum atomic E-state index is -0.646. The number of nitrogens with zero attached hydrogens (tertiary/aromatic N) is 3. The molecule has 4 aromatic rings. The van der Waals surface area contributed by atoms with Gasteiger partial charge in [0.1, 0.15) is 11.5 Å². The lowest BCUT2D eigenvalue weighted by atomic mass is 10.1. The number of amidine groups is 1. The summed E-state index contributed by atoms with van der Waals surface area (Å²) in [6.07, 6.45) is 2.30. The number of amides is 1. The maximum atomic E-state index is 13.2. The van der Waals surface area contributed by atoms with E-state index in [1.165, 1.54) is 4.90 Å². The summed E-state index contributed by atoms with van der Waals surface area (Å²) in [4.78, 5) is 34.0. The van der Waals surface area contributed by atoms with Crippen molar-refractivity contribution in [3.05, 3.63) is 120 Å². The van der Waals surface area contributed by atoms with E-state index in [4.69, 9.17) is 19.0 Å². The molecular weight excluding hydrogens is 546 g/mol. The zero-order valence-corrected chi connectivity index (χ0v) is 24.1. The number of carbonyl (C=O) groups is 2. The van der Waals surface area contributed by atoms with Gasteiger partial charge in [-0.2, -0.15) is 0 Å². The Kier molecular flexibility index (Phi) is 9.02. The zero-order chi connectivity index (χ0) is 30.2. The quantitative estimate of drug-likeness (QED) is 0.115. The van der Waals surface area contributed by atoms with E-state index in [9.17, 15) is 9.59 Å². The molecule has 5 rings (SSSR count). The first-order valence-corrected chi connectivity index (χ1v) is 13.7. The first-order chi connectivity index (χ1) is 21.0. The fourth-order valence-electron chi connectivity index (χ4n) is 4.49. The summed E-state index contributed by atoms with van der Waals surface area (Å²) in [6, 6.07) is 31.7. The molecular formula is C34H31N3O6. The number of anilines is 3. The lowest BCUT2D eigenvalue weighted by molar-refractivity contribution is -0.123. The highest BCUT2D eigenvalue weighted by Gasteiger charge is 2.35. The topological polar surface area (TPSA) is 89.9 Å². The van der Waals surface area contributed by atoms with Crippen molar-refractivity contribution in [2.24, 2.45) is 5.16 Å². The number of hydrogen-bond acceptors (Lipinski definition) is 8. The van der Waals surface area contributed by atoms with Gasteiger partial charge in [-0.05, 0) is 96.0 Å². The van der Waals surface area contributed by atoms with Gasteiger partial charge in [-0.1, -0.05) is 37.3 Å². The predicted octanol–water partition coefficient (Wildman–Crippen LogP) is 6.91. The maximum absolute atomic E-state index is 13.2. The predicted molar refractivity (Wildman–Crippen MR) is 165 cm³/mol. The Morgan fingerprint density at radius 3 is 1.86 bits per heavy atom. The molecule has 218 valence electrons. The van der Waals surface area contributed by atoms with E-state index in [1.54, 1.807) is 50.6 Å². The van der Waals surface area contributed by atoms with Crippen molar-refractivity contribution in [1.82, 2.24) is 4.90 Å². The van der Waals surface area contributed by atoms with Crippen LogP contribution in [0.2, 0.25) is 0 Å². The van der Waals surface area contributed by atoms with Gasteiger partial charge in [0.05, 0.1) is 19.8 Å². The Labute approximate surface area is 250 Å². The van der Waals surface area contributed by atoms with E-state index >= 15 is 0 Å². The Hall–Kier alpha value is -5.57. The SMILES string of the molecule is CCCN1C(=O)C(=Cc2ccc(N(c3ccc(OC)cc3)c3ccc(OC)cc3)cc2)OC1=NOC(=O)c1ccccc1. The van der Waals surface area contributed by atoms with E-state index in [0.29, 0.717) is 18.5 Å². The second-order valence-corrected chi connectivity index (χ2v) is 9.51. The van der Waals surface area contributed by atoms with Crippen LogP contribution in [0, 0.1) is 0 Å². The van der Waals surface area contributed by atoms with Crippen molar-refractivity contribution in [3.8, 4) is 11.5 Å². The third kappa shape index (κ3) is 6.68. The number of rotatable bonds is 10. The molecule has 0 spiro atoms. The van der Waals surface area contributed by atoms with Crippen molar-refractivity contribution in [1.29, 1.82) is 0 Å². The van der Waals surface area contributed by atoms with Crippen LogP contribution in [0.25, 0.3) is 6.08 Å². The Morgan fingerprint density at radius 2 is 1.35 bits per heavy atom. The number of oxime groups is 1. The number of hydrogen-bond donors (Lipinski definition) is 0. The molecule has 1 saturated heterocycles. The van der Waals surface area contributed by atoms with Crippen LogP contribution in [-0.4, -0.2) is 43.6 Å². The van der Waals surface area contributed by atoms with E-state index in [0.717, 1.165) is 34.1 Å². The van der Waals surface area contributed by atoms with E-state index in [-0.39, 0.29) is 17.7 Å². The fraction of sp³-hybridized carbons (Fsp3) is 0.147. The monoisotopic (exact) mass is 577 g/mol. The van der Waals surface area contributed by atoms with Crippen LogP contribution in [0.4, 0.5) is 17.1 Å². The average molecular weight is 578 g/mol. The van der Waals surface area contributed by atoms with Crippen LogP contribution < -0.4 is 14.4 Å². The van der Waals surface area contributed by atoms with Gasteiger partial charge in [-0.25, -0.2) is 4.79 Å². The van der Waals surface area contributed by atoms with Crippen LogP contribution in [-0.2, 0) is 14.4 Å². The standard InChI is InChI=1S/C34H31N3O6/c1-4-22-36-32(38)31(42-34(36)35-43-33(39)25-8-6-5-7-9-25)23-24-10-12-26(13-11-24)37(27-14-18-29(40-2)19-15-27)28-16-20-30(41-3)21-17-28/h5-21,23H,4,22H2,1-3H3. The molecule has 0 unspecified atom stereocenters. The molecule has 0 aromatic heterocycles. The molecule has 0 aliphatic carbocycles. The van der Waals surface area contributed by atoms with Crippen molar-refractivity contribution in [3.63, 3.8) is 0 Å². The van der Waals surface area contributed by atoms with Gasteiger partial charge in [0.25, 0.3) is 5.91 Å². The molecule has 1 fully saturated rings. The molecule has 1 heterocycles. The lowest BCUT2D eigenvalue weighted by Crippen LogP contribution is -2.31. The van der Waals surface area contributed by atoms with Crippen molar-refractivity contribution in [2.45, 2.75) is 13.3 Å². The summed E-state index contributed by atoms with van der Waals surface area (Å²) in [7, 11) is 3.27. The average Bonchev–Trinajstić information content (AvgIpc) is 3.35. The van der Waals surface area contributed by atoms with E-state index in [1.807, 2.05) is 79.7 Å². The molecule has 0 N–H and O–H groups in total. The summed E-state index contributed by atoms with van der Waals surface area (Å²) in [5.41, 5.74) is 3.86. The Morgan fingerprint density at radius 1 is 0.814 bits per heavy atom. The minimum Gasteiger partial charge on any atom is -0.497 e. The number of benzene rings is 4. The van der Waals surface area contributed by atoms with Crippen LogP contribution in [0.1, 0.15) is 29.3 Å². The van der Waals surface area contributed by atoms with E-state index < -0.39 is 5.97 Å². The van der Waals surface area contributed by atoms with E-state index in [2.05, 4.69) is 10.1 Å².